The molecule has 1 fully saturated rings. The number of hydrogen-bond acceptors (Lipinski definition) is 7. The Hall–Kier alpha value is -2.84. The molecule has 0 unspecified atom stereocenters. The summed E-state index contributed by atoms with van der Waals surface area (Å²) < 4.78 is 10.5. The summed E-state index contributed by atoms with van der Waals surface area (Å²) in [6.07, 6.45) is 1.75. The number of esters is 1. The molecule has 1 amide bonds. The number of nitrogens with zero attached hydrogens (tertiary/aromatic N) is 3. The van der Waals surface area contributed by atoms with Crippen molar-refractivity contribution in [3.8, 4) is 5.75 Å². The summed E-state index contributed by atoms with van der Waals surface area (Å²) in [6.45, 7) is 4.56. The first kappa shape index (κ1) is 21.9. The van der Waals surface area contributed by atoms with Crippen molar-refractivity contribution in [2.24, 2.45) is 0 Å². The van der Waals surface area contributed by atoms with E-state index in [-0.39, 0.29) is 6.09 Å². The number of ether oxygens (including phenoxy) is 2. The number of carbonyl (C=O) groups is 2. The number of nitrogens with one attached hydrogen (secondary N) is 1. The highest BCUT2D eigenvalue weighted by atomic mass is 35.5. The maximum absolute atomic E-state index is 12.5. The molecule has 0 spiro atoms. The number of hydrogen-bond donors (Lipinski definition) is 1. The quantitative estimate of drug-likeness (QED) is 0.531. The Morgan fingerprint density at radius 2 is 1.87 bits per heavy atom. The molecule has 1 saturated heterocycles. The lowest BCUT2D eigenvalue weighted by Gasteiger charge is -2.34. The van der Waals surface area contributed by atoms with E-state index in [2.05, 4.69) is 14.7 Å². The molecule has 0 radical (unpaired) electrons. The second kappa shape index (κ2) is 10.8. The largest absolute Gasteiger partial charge is 0.465 e. The van der Waals surface area contributed by atoms with Crippen LogP contribution in [0.15, 0.2) is 48.7 Å². The minimum Gasteiger partial charge on any atom is -0.465 e. The van der Waals surface area contributed by atoms with Gasteiger partial charge in [-0.25, -0.2) is 14.6 Å². The van der Waals surface area contributed by atoms with E-state index in [1.54, 1.807) is 42.3 Å². The van der Waals surface area contributed by atoms with Crippen LogP contribution >= 0.6 is 11.8 Å². The molecule has 3 rings (SSSR count). The fraction of sp³-hybridized carbons (Fsp3) is 0.381. The molecule has 9 heteroatoms. The number of piperazine rings is 1. The third kappa shape index (κ3) is 5.84. The average molecular weight is 433 g/mol. The van der Waals surface area contributed by atoms with Crippen molar-refractivity contribution in [2.45, 2.75) is 19.4 Å². The van der Waals surface area contributed by atoms with E-state index >= 15 is 0 Å². The van der Waals surface area contributed by atoms with Crippen molar-refractivity contribution in [3.63, 3.8) is 0 Å². The Kier molecular flexibility index (Phi) is 7.87. The van der Waals surface area contributed by atoms with E-state index in [9.17, 15) is 9.59 Å². The summed E-state index contributed by atoms with van der Waals surface area (Å²) in [5.74, 6) is 0.948. The second-order valence-corrected chi connectivity index (χ2v) is 7.01. The van der Waals surface area contributed by atoms with Crippen LogP contribution < -0.4 is 14.5 Å². The lowest BCUT2D eigenvalue weighted by Crippen LogP contribution is -2.49. The summed E-state index contributed by atoms with van der Waals surface area (Å²) in [4.78, 5) is 34.9. The third-order valence-corrected chi connectivity index (χ3v) is 5.05. The standard InChI is InChI=1S/C21H25ClN4O4/c1-2-29-20(27)18(24-22)15-16-6-8-17(9-7-16)30-21(28)26-13-11-25(12-14-26)19-5-3-4-10-23-19/h3-10,18,24H,2,11-15H2,1H3/t18-/m0/s1. The first-order valence-electron chi connectivity index (χ1n) is 9.85. The van der Waals surface area contributed by atoms with E-state index in [0.29, 0.717) is 45.0 Å². The first-order valence-corrected chi connectivity index (χ1v) is 10.2. The molecule has 1 aliphatic heterocycles. The lowest BCUT2D eigenvalue weighted by atomic mass is 10.1. The van der Waals surface area contributed by atoms with Crippen molar-refractivity contribution >= 4 is 29.7 Å². The average Bonchev–Trinajstić information content (AvgIpc) is 2.79. The van der Waals surface area contributed by atoms with E-state index in [1.807, 2.05) is 18.2 Å². The van der Waals surface area contributed by atoms with Gasteiger partial charge >= 0.3 is 12.1 Å². The topological polar surface area (TPSA) is 84.0 Å². The fourth-order valence-corrected chi connectivity index (χ4v) is 3.33. The molecule has 2 aromatic rings. The summed E-state index contributed by atoms with van der Waals surface area (Å²) in [6, 6.07) is 12.1. The van der Waals surface area contributed by atoms with Gasteiger partial charge in [-0.05, 0) is 55.0 Å². The van der Waals surface area contributed by atoms with Gasteiger partial charge in [0.15, 0.2) is 0 Å². The molecule has 0 saturated carbocycles. The predicted octanol–water partition coefficient (Wildman–Crippen LogP) is 2.62. The Labute approximate surface area is 180 Å². The van der Waals surface area contributed by atoms with Crippen LogP contribution in [-0.4, -0.2) is 60.8 Å². The summed E-state index contributed by atoms with van der Waals surface area (Å²) in [5, 5.41) is 0. The molecule has 1 aromatic heterocycles. The first-order chi connectivity index (χ1) is 14.6. The molecule has 8 nitrogen and oxygen atoms in total. The van der Waals surface area contributed by atoms with Crippen molar-refractivity contribution in [1.82, 2.24) is 14.7 Å². The van der Waals surface area contributed by atoms with Crippen molar-refractivity contribution < 1.29 is 19.1 Å². The summed E-state index contributed by atoms with van der Waals surface area (Å²) in [5.41, 5.74) is 0.866. The number of amides is 1. The zero-order valence-electron chi connectivity index (χ0n) is 16.8. The zero-order valence-corrected chi connectivity index (χ0v) is 17.5. The van der Waals surface area contributed by atoms with Crippen LogP contribution in [0.4, 0.5) is 10.6 Å². The van der Waals surface area contributed by atoms with E-state index in [4.69, 9.17) is 21.3 Å². The Morgan fingerprint density at radius 1 is 1.13 bits per heavy atom. The smallest absolute Gasteiger partial charge is 0.415 e. The van der Waals surface area contributed by atoms with Gasteiger partial charge in [-0.2, -0.15) is 0 Å². The molecule has 1 aromatic carbocycles. The minimum absolute atomic E-state index is 0.291. The molecule has 1 atom stereocenters. The van der Waals surface area contributed by atoms with Crippen molar-refractivity contribution in [1.29, 1.82) is 0 Å². The normalized spacial score (nSPS) is 14.9. The Bertz CT molecular complexity index is 827. The number of benzene rings is 1. The van der Waals surface area contributed by atoms with Gasteiger partial charge < -0.3 is 19.3 Å². The maximum Gasteiger partial charge on any atom is 0.415 e. The van der Waals surface area contributed by atoms with E-state index in [1.165, 1.54) is 0 Å². The van der Waals surface area contributed by atoms with Gasteiger partial charge in [0.05, 0.1) is 6.61 Å². The minimum atomic E-state index is -0.643. The Balaban J connectivity index is 1.49. The van der Waals surface area contributed by atoms with Crippen LogP contribution in [-0.2, 0) is 16.0 Å². The van der Waals surface area contributed by atoms with E-state index in [0.717, 1.165) is 11.4 Å². The molecule has 1 N–H and O–H groups in total. The highest BCUT2D eigenvalue weighted by molar-refractivity contribution is 6.14. The fourth-order valence-electron chi connectivity index (χ4n) is 3.16. The molecule has 30 heavy (non-hydrogen) atoms. The van der Waals surface area contributed by atoms with Gasteiger partial charge in [-0.1, -0.05) is 18.2 Å². The third-order valence-electron chi connectivity index (χ3n) is 4.78. The zero-order chi connectivity index (χ0) is 21.3. The van der Waals surface area contributed by atoms with Gasteiger partial charge in [0.1, 0.15) is 17.6 Å². The van der Waals surface area contributed by atoms with Crippen LogP contribution in [0, 0.1) is 0 Å². The summed E-state index contributed by atoms with van der Waals surface area (Å²) in [7, 11) is 0. The van der Waals surface area contributed by atoms with Crippen LogP contribution in [0.25, 0.3) is 0 Å². The predicted molar refractivity (Wildman–Crippen MR) is 114 cm³/mol. The van der Waals surface area contributed by atoms with Gasteiger partial charge in [0, 0.05) is 32.4 Å². The molecule has 0 bridgehead atoms. The maximum atomic E-state index is 12.5. The van der Waals surface area contributed by atoms with Crippen LogP contribution in [0.2, 0.25) is 0 Å². The highest BCUT2D eigenvalue weighted by Gasteiger charge is 2.23. The van der Waals surface area contributed by atoms with Crippen LogP contribution in [0.1, 0.15) is 12.5 Å². The number of carbonyl (C=O) groups excluding carboxylic acids is 2. The van der Waals surface area contributed by atoms with Crippen LogP contribution in [0.3, 0.4) is 0 Å². The number of anilines is 1. The van der Waals surface area contributed by atoms with E-state index < -0.39 is 12.0 Å². The SMILES string of the molecule is CCOC(=O)[C@H](Cc1ccc(OC(=O)N2CCN(c3ccccn3)CC2)cc1)NCl. The van der Waals surface area contributed by atoms with Crippen LogP contribution in [0.5, 0.6) is 5.75 Å². The highest BCUT2D eigenvalue weighted by Crippen LogP contribution is 2.17. The van der Waals surface area contributed by atoms with Gasteiger partial charge in [-0.15, -0.1) is 0 Å². The molecule has 160 valence electrons. The summed E-state index contributed by atoms with van der Waals surface area (Å²) >= 11 is 5.65. The number of halogens is 1. The Morgan fingerprint density at radius 3 is 2.47 bits per heavy atom. The van der Waals surface area contributed by atoms with Gasteiger partial charge in [-0.3, -0.25) is 4.79 Å². The van der Waals surface area contributed by atoms with Crippen molar-refractivity contribution in [3.05, 3.63) is 54.2 Å². The molecular weight excluding hydrogens is 408 g/mol. The molecule has 1 aliphatic rings. The second-order valence-electron chi connectivity index (χ2n) is 6.79. The van der Waals surface area contributed by atoms with Gasteiger partial charge in [0.2, 0.25) is 0 Å². The molecule has 2 heterocycles. The monoisotopic (exact) mass is 432 g/mol. The molecular formula is C21H25ClN4O4. The lowest BCUT2D eigenvalue weighted by molar-refractivity contribution is -0.145. The number of rotatable bonds is 7. The number of pyridine rings is 1. The number of aromatic nitrogens is 1. The van der Waals surface area contributed by atoms with Gasteiger partial charge in [0.25, 0.3) is 0 Å². The van der Waals surface area contributed by atoms with Crippen molar-refractivity contribution in [2.75, 3.05) is 37.7 Å². The molecule has 0 aliphatic carbocycles.